The Labute approximate surface area is 178 Å². The lowest BCUT2D eigenvalue weighted by Crippen LogP contribution is -1.99. The van der Waals surface area contributed by atoms with Crippen molar-refractivity contribution in [3.63, 3.8) is 0 Å². The van der Waals surface area contributed by atoms with Gasteiger partial charge < -0.3 is 4.57 Å². The summed E-state index contributed by atoms with van der Waals surface area (Å²) in [4.78, 5) is 9.63. The quantitative estimate of drug-likeness (QED) is 0.370. The fraction of sp³-hybridized carbons (Fsp3) is 0.0833. The van der Waals surface area contributed by atoms with Gasteiger partial charge in [-0.15, -0.1) is 0 Å². The van der Waals surface area contributed by atoms with Crippen LogP contribution in [0.15, 0.2) is 79.0 Å². The summed E-state index contributed by atoms with van der Waals surface area (Å²) in [7, 11) is 2.02. The highest BCUT2D eigenvalue weighted by atomic mass is 35.5. The lowest BCUT2D eigenvalue weighted by Gasteiger charge is -2.08. The first kappa shape index (κ1) is 18.6. The van der Waals surface area contributed by atoms with Gasteiger partial charge in [0, 0.05) is 35.9 Å². The summed E-state index contributed by atoms with van der Waals surface area (Å²) in [5.41, 5.74) is 4.70. The van der Waals surface area contributed by atoms with Crippen LogP contribution in [0, 0.1) is 5.82 Å². The molecule has 0 amide bonds. The SMILES string of the molecule is Cn1c(Cc2cn(-c3ccc(Cl)cc3)c(-c3ccc(F)cc3)n2)nc2ccccc21. The maximum atomic E-state index is 13.5. The van der Waals surface area contributed by atoms with Gasteiger partial charge in [0.2, 0.25) is 0 Å². The van der Waals surface area contributed by atoms with Crippen LogP contribution < -0.4 is 0 Å². The van der Waals surface area contributed by atoms with Gasteiger partial charge in [-0.05, 0) is 60.7 Å². The van der Waals surface area contributed by atoms with E-state index in [-0.39, 0.29) is 5.82 Å². The topological polar surface area (TPSA) is 35.6 Å². The van der Waals surface area contributed by atoms with Crippen LogP contribution in [0.3, 0.4) is 0 Å². The third kappa shape index (κ3) is 3.37. The molecule has 0 aliphatic carbocycles. The molecule has 0 saturated heterocycles. The van der Waals surface area contributed by atoms with Crippen LogP contribution in [0.4, 0.5) is 4.39 Å². The van der Waals surface area contributed by atoms with Crippen LogP contribution in [0.25, 0.3) is 28.1 Å². The molecule has 3 aromatic carbocycles. The van der Waals surface area contributed by atoms with Gasteiger partial charge in [-0.3, -0.25) is 4.57 Å². The molecular weight excluding hydrogens is 399 g/mol. The molecule has 30 heavy (non-hydrogen) atoms. The van der Waals surface area contributed by atoms with Crippen LogP contribution in [0.1, 0.15) is 11.5 Å². The molecule has 0 N–H and O–H groups in total. The standard InChI is InChI=1S/C24H18ClFN4/c1-29-22-5-3-2-4-21(22)28-23(29)14-19-15-30(20-12-8-17(25)9-13-20)24(27-19)16-6-10-18(26)11-7-16/h2-13,15H,14H2,1H3. The number of aryl methyl sites for hydroxylation is 1. The van der Waals surface area contributed by atoms with Crippen LogP contribution in [0.5, 0.6) is 0 Å². The Hall–Kier alpha value is -3.44. The molecule has 5 rings (SSSR count). The van der Waals surface area contributed by atoms with Crippen molar-refractivity contribution in [3.05, 3.63) is 101 Å². The maximum Gasteiger partial charge on any atom is 0.144 e. The van der Waals surface area contributed by atoms with Gasteiger partial charge in [-0.25, -0.2) is 14.4 Å². The van der Waals surface area contributed by atoms with Crippen LogP contribution >= 0.6 is 11.6 Å². The van der Waals surface area contributed by atoms with E-state index in [0.717, 1.165) is 39.6 Å². The van der Waals surface area contributed by atoms with E-state index < -0.39 is 0 Å². The summed E-state index contributed by atoms with van der Waals surface area (Å²) in [5.74, 6) is 1.40. The molecule has 5 aromatic rings. The molecule has 2 heterocycles. The van der Waals surface area contributed by atoms with Crippen LogP contribution in [0.2, 0.25) is 5.02 Å². The summed E-state index contributed by atoms with van der Waals surface area (Å²) in [6.45, 7) is 0. The van der Waals surface area contributed by atoms with Crippen LogP contribution in [-0.2, 0) is 13.5 Å². The molecule has 0 unspecified atom stereocenters. The summed E-state index contributed by atoms with van der Waals surface area (Å²) >= 11 is 6.06. The number of hydrogen-bond donors (Lipinski definition) is 0. The molecule has 0 radical (unpaired) electrons. The van der Waals surface area contributed by atoms with Gasteiger partial charge in [-0.2, -0.15) is 0 Å². The van der Waals surface area contributed by atoms with Gasteiger partial charge in [0.05, 0.1) is 16.7 Å². The smallest absolute Gasteiger partial charge is 0.144 e. The Kier molecular flexibility index (Phi) is 4.60. The van der Waals surface area contributed by atoms with Crippen molar-refractivity contribution in [2.75, 3.05) is 0 Å². The van der Waals surface area contributed by atoms with Crippen molar-refractivity contribution < 1.29 is 4.39 Å². The van der Waals surface area contributed by atoms with Gasteiger partial charge in [-0.1, -0.05) is 23.7 Å². The Bertz CT molecular complexity index is 1270. The van der Waals surface area contributed by atoms with Crippen molar-refractivity contribution in [3.8, 4) is 17.1 Å². The molecule has 0 spiro atoms. The average Bonchev–Trinajstić information content (AvgIpc) is 3.31. The number of benzene rings is 3. The van der Waals surface area contributed by atoms with E-state index in [4.69, 9.17) is 21.6 Å². The average molecular weight is 417 g/mol. The number of rotatable bonds is 4. The second-order valence-corrected chi connectivity index (χ2v) is 7.60. The summed E-state index contributed by atoms with van der Waals surface area (Å²) in [6, 6.07) is 22.0. The lowest BCUT2D eigenvalue weighted by atomic mass is 10.2. The van der Waals surface area contributed by atoms with E-state index in [1.165, 1.54) is 12.1 Å². The van der Waals surface area contributed by atoms with Gasteiger partial charge in [0.15, 0.2) is 0 Å². The number of fused-ring (bicyclic) bond motifs is 1. The number of halogens is 2. The van der Waals surface area contributed by atoms with Gasteiger partial charge in [0.1, 0.15) is 17.5 Å². The minimum Gasteiger partial charge on any atom is -0.331 e. The predicted octanol–water partition coefficient (Wildman–Crippen LogP) is 5.81. The highest BCUT2D eigenvalue weighted by molar-refractivity contribution is 6.30. The van der Waals surface area contributed by atoms with E-state index in [9.17, 15) is 4.39 Å². The molecule has 0 saturated carbocycles. The predicted molar refractivity (Wildman–Crippen MR) is 117 cm³/mol. The van der Waals surface area contributed by atoms with E-state index in [1.54, 1.807) is 12.1 Å². The van der Waals surface area contributed by atoms with Crippen molar-refractivity contribution in [2.24, 2.45) is 7.05 Å². The van der Waals surface area contributed by atoms with Gasteiger partial charge >= 0.3 is 0 Å². The fourth-order valence-corrected chi connectivity index (χ4v) is 3.76. The van der Waals surface area contributed by atoms with Gasteiger partial charge in [0.25, 0.3) is 0 Å². The molecule has 4 nitrogen and oxygen atoms in total. The zero-order chi connectivity index (χ0) is 20.7. The minimum atomic E-state index is -0.275. The molecule has 2 aromatic heterocycles. The number of nitrogens with zero attached hydrogens (tertiary/aromatic N) is 4. The minimum absolute atomic E-state index is 0.275. The second kappa shape index (κ2) is 7.43. The largest absolute Gasteiger partial charge is 0.331 e. The first-order valence-electron chi connectivity index (χ1n) is 9.59. The number of aromatic nitrogens is 4. The fourth-order valence-electron chi connectivity index (χ4n) is 3.63. The Morgan fingerprint density at radius 2 is 1.63 bits per heavy atom. The number of imidazole rings is 2. The molecule has 0 aliphatic heterocycles. The highest BCUT2D eigenvalue weighted by Crippen LogP contribution is 2.26. The Balaban J connectivity index is 1.60. The number of hydrogen-bond acceptors (Lipinski definition) is 2. The van der Waals surface area contributed by atoms with E-state index >= 15 is 0 Å². The summed E-state index contributed by atoms with van der Waals surface area (Å²) in [5, 5.41) is 0.669. The van der Waals surface area contributed by atoms with Crippen molar-refractivity contribution in [2.45, 2.75) is 6.42 Å². The van der Waals surface area contributed by atoms with Crippen LogP contribution in [-0.4, -0.2) is 19.1 Å². The Morgan fingerprint density at radius 1 is 0.900 bits per heavy atom. The number of para-hydroxylation sites is 2. The van der Waals surface area contributed by atoms with E-state index in [2.05, 4.69) is 10.6 Å². The molecular formula is C24H18ClFN4. The molecule has 0 fully saturated rings. The first-order valence-corrected chi connectivity index (χ1v) is 9.97. The summed E-state index contributed by atoms with van der Waals surface area (Å²) in [6.07, 6.45) is 2.58. The monoisotopic (exact) mass is 416 g/mol. The Morgan fingerprint density at radius 3 is 2.37 bits per heavy atom. The molecule has 6 heteroatoms. The maximum absolute atomic E-state index is 13.5. The highest BCUT2D eigenvalue weighted by Gasteiger charge is 2.15. The van der Waals surface area contributed by atoms with Crippen molar-refractivity contribution in [1.29, 1.82) is 0 Å². The zero-order valence-corrected chi connectivity index (χ0v) is 17.0. The molecule has 0 aliphatic rings. The van der Waals surface area contributed by atoms with Crippen molar-refractivity contribution >= 4 is 22.6 Å². The molecule has 0 bridgehead atoms. The van der Waals surface area contributed by atoms with Crippen molar-refractivity contribution in [1.82, 2.24) is 19.1 Å². The lowest BCUT2D eigenvalue weighted by molar-refractivity contribution is 0.628. The zero-order valence-electron chi connectivity index (χ0n) is 16.3. The first-order chi connectivity index (χ1) is 14.6. The van der Waals surface area contributed by atoms with E-state index in [0.29, 0.717) is 11.4 Å². The third-order valence-corrected chi connectivity index (χ3v) is 5.43. The van der Waals surface area contributed by atoms with E-state index in [1.807, 2.05) is 60.3 Å². The molecule has 0 atom stereocenters. The second-order valence-electron chi connectivity index (χ2n) is 7.16. The summed E-state index contributed by atoms with van der Waals surface area (Å²) < 4.78 is 17.5. The normalized spacial score (nSPS) is 11.3. The third-order valence-electron chi connectivity index (χ3n) is 5.18. The molecule has 148 valence electrons.